The summed E-state index contributed by atoms with van der Waals surface area (Å²) in [5, 5.41) is 2.77. The Morgan fingerprint density at radius 2 is 1.57 bits per heavy atom. The smallest absolute Gasteiger partial charge is 0.406 e. The lowest BCUT2D eigenvalue weighted by molar-refractivity contribution is -0.274. The van der Waals surface area contributed by atoms with Gasteiger partial charge in [0.2, 0.25) is 5.91 Å². The van der Waals surface area contributed by atoms with Crippen LogP contribution < -0.4 is 10.1 Å². The van der Waals surface area contributed by atoms with Gasteiger partial charge >= 0.3 is 6.36 Å². The number of benzene rings is 2. The Morgan fingerprint density at radius 3 is 2.14 bits per heavy atom. The molecule has 0 aliphatic heterocycles. The molecule has 0 unspecified atom stereocenters. The van der Waals surface area contributed by atoms with Gasteiger partial charge in [0.25, 0.3) is 0 Å². The molecule has 28 heavy (non-hydrogen) atoms. The molecule has 2 aromatic carbocycles. The first-order chi connectivity index (χ1) is 13.3. The average molecular weight is 395 g/mol. The zero-order chi connectivity index (χ0) is 20.1. The third-order valence-electron chi connectivity index (χ3n) is 5.03. The molecule has 1 aliphatic rings. The lowest BCUT2D eigenvalue weighted by Gasteiger charge is -2.28. The van der Waals surface area contributed by atoms with Crippen molar-refractivity contribution >= 4 is 11.6 Å². The van der Waals surface area contributed by atoms with E-state index < -0.39 is 6.36 Å². The molecule has 0 bridgehead atoms. The van der Waals surface area contributed by atoms with Crippen molar-refractivity contribution in [3.8, 4) is 5.75 Å². The zero-order valence-electron chi connectivity index (χ0n) is 15.1. The highest BCUT2D eigenvalue weighted by Gasteiger charge is 2.31. The molecule has 2 aromatic rings. The number of hydrogen-bond donors (Lipinski definition) is 1. The van der Waals surface area contributed by atoms with Crippen LogP contribution in [0.3, 0.4) is 0 Å². The minimum absolute atomic E-state index is 0.0938. The van der Waals surface area contributed by atoms with Crippen LogP contribution >= 0.6 is 0 Å². The van der Waals surface area contributed by atoms with Crippen LogP contribution in [0.1, 0.15) is 43.6 Å². The van der Waals surface area contributed by atoms with E-state index in [2.05, 4.69) is 10.1 Å². The quantitative estimate of drug-likeness (QED) is 0.628. The molecular formula is C21H21F4NO2. The highest BCUT2D eigenvalue weighted by atomic mass is 19.4. The monoisotopic (exact) mass is 395 g/mol. The van der Waals surface area contributed by atoms with Gasteiger partial charge in [-0.25, -0.2) is 4.39 Å². The maximum Gasteiger partial charge on any atom is 0.573 e. The largest absolute Gasteiger partial charge is 0.573 e. The van der Waals surface area contributed by atoms with Gasteiger partial charge in [-0.1, -0.05) is 12.1 Å². The number of carbonyl (C=O) groups excluding carboxylic acids is 1. The normalized spacial score (nSPS) is 19.9. The summed E-state index contributed by atoms with van der Waals surface area (Å²) >= 11 is 0. The van der Waals surface area contributed by atoms with E-state index >= 15 is 0 Å². The second-order valence-corrected chi connectivity index (χ2v) is 7.09. The molecule has 0 spiro atoms. The van der Waals surface area contributed by atoms with Crippen LogP contribution in [0.2, 0.25) is 0 Å². The van der Waals surface area contributed by atoms with Gasteiger partial charge in [-0.05, 0) is 79.5 Å². The Balaban J connectivity index is 1.46. The average Bonchev–Trinajstić information content (AvgIpc) is 2.64. The van der Waals surface area contributed by atoms with E-state index in [1.165, 1.54) is 36.4 Å². The summed E-state index contributed by atoms with van der Waals surface area (Å²) < 4.78 is 53.5. The second-order valence-electron chi connectivity index (χ2n) is 7.09. The van der Waals surface area contributed by atoms with Gasteiger partial charge in [0.1, 0.15) is 11.6 Å². The van der Waals surface area contributed by atoms with Crippen LogP contribution in [0.25, 0.3) is 0 Å². The van der Waals surface area contributed by atoms with Gasteiger partial charge in [0.15, 0.2) is 0 Å². The number of carbonyl (C=O) groups is 1. The van der Waals surface area contributed by atoms with Crippen LogP contribution in [0.15, 0.2) is 48.5 Å². The first-order valence-electron chi connectivity index (χ1n) is 9.19. The van der Waals surface area contributed by atoms with E-state index in [0.29, 0.717) is 12.1 Å². The van der Waals surface area contributed by atoms with Crippen LogP contribution in [-0.2, 0) is 4.79 Å². The SMILES string of the molecule is O=C(C[C@H]1CC[C@@H](c2ccc(OC(F)(F)F)cc2)CC1)Nc1ccc(F)cc1. The highest BCUT2D eigenvalue weighted by molar-refractivity contribution is 5.90. The van der Waals surface area contributed by atoms with Crippen LogP contribution in [0, 0.1) is 11.7 Å². The lowest BCUT2D eigenvalue weighted by Crippen LogP contribution is -2.20. The van der Waals surface area contributed by atoms with E-state index in [1.54, 1.807) is 12.1 Å². The van der Waals surface area contributed by atoms with Crippen molar-refractivity contribution in [3.05, 3.63) is 59.9 Å². The van der Waals surface area contributed by atoms with Crippen molar-refractivity contribution in [1.29, 1.82) is 0 Å². The second kappa shape index (κ2) is 8.63. The number of amides is 1. The Morgan fingerprint density at radius 1 is 0.964 bits per heavy atom. The van der Waals surface area contributed by atoms with Crippen molar-refractivity contribution < 1.29 is 27.1 Å². The maximum absolute atomic E-state index is 12.9. The predicted molar refractivity (Wildman–Crippen MR) is 97.5 cm³/mol. The van der Waals surface area contributed by atoms with E-state index in [0.717, 1.165) is 31.2 Å². The Kier molecular flexibility index (Phi) is 6.21. The number of nitrogens with one attached hydrogen (secondary N) is 1. The van der Waals surface area contributed by atoms with E-state index in [1.807, 2.05) is 0 Å². The molecule has 0 saturated heterocycles. The van der Waals surface area contributed by atoms with Gasteiger partial charge < -0.3 is 10.1 Å². The molecule has 7 heteroatoms. The minimum atomic E-state index is -4.69. The van der Waals surface area contributed by atoms with Crippen LogP contribution in [0.4, 0.5) is 23.2 Å². The first-order valence-corrected chi connectivity index (χ1v) is 9.19. The van der Waals surface area contributed by atoms with Gasteiger partial charge in [0, 0.05) is 12.1 Å². The molecule has 3 nitrogen and oxygen atoms in total. The molecule has 1 aliphatic carbocycles. The summed E-state index contributed by atoms with van der Waals surface area (Å²) in [5.41, 5.74) is 1.56. The molecule has 1 N–H and O–H groups in total. The van der Waals surface area contributed by atoms with Crippen molar-refractivity contribution in [3.63, 3.8) is 0 Å². The van der Waals surface area contributed by atoms with E-state index in [-0.39, 0.29) is 29.3 Å². The Bertz CT molecular complexity index is 780. The summed E-state index contributed by atoms with van der Waals surface area (Å²) in [4.78, 5) is 12.2. The topological polar surface area (TPSA) is 38.3 Å². The molecule has 1 saturated carbocycles. The number of halogens is 4. The summed E-state index contributed by atoms with van der Waals surface area (Å²) in [7, 11) is 0. The van der Waals surface area contributed by atoms with Crippen molar-refractivity contribution in [2.24, 2.45) is 5.92 Å². The molecule has 0 heterocycles. The molecule has 0 radical (unpaired) electrons. The molecule has 150 valence electrons. The molecule has 1 fully saturated rings. The number of alkyl halides is 3. The van der Waals surface area contributed by atoms with E-state index in [9.17, 15) is 22.4 Å². The summed E-state index contributed by atoms with van der Waals surface area (Å²) in [5.74, 6) is -0.124. The number of hydrogen-bond acceptors (Lipinski definition) is 2. The molecule has 1 amide bonds. The minimum Gasteiger partial charge on any atom is -0.406 e. The fourth-order valence-electron chi connectivity index (χ4n) is 3.65. The van der Waals surface area contributed by atoms with Gasteiger partial charge in [-0.2, -0.15) is 0 Å². The third-order valence-corrected chi connectivity index (χ3v) is 5.03. The van der Waals surface area contributed by atoms with Gasteiger partial charge in [0.05, 0.1) is 0 Å². The van der Waals surface area contributed by atoms with Gasteiger partial charge in [-0.3, -0.25) is 4.79 Å². The maximum atomic E-state index is 12.9. The fourth-order valence-corrected chi connectivity index (χ4v) is 3.65. The Labute approximate surface area is 160 Å². The third kappa shape index (κ3) is 5.97. The molecular weight excluding hydrogens is 374 g/mol. The first kappa shape index (κ1) is 20.2. The highest BCUT2D eigenvalue weighted by Crippen LogP contribution is 2.38. The fraction of sp³-hybridized carbons (Fsp3) is 0.381. The summed E-state index contributed by atoms with van der Waals surface area (Å²) in [6.07, 6.45) is -0.761. The summed E-state index contributed by atoms with van der Waals surface area (Å²) in [6.45, 7) is 0. The number of anilines is 1. The molecule has 0 aromatic heterocycles. The van der Waals surface area contributed by atoms with Crippen LogP contribution in [0.5, 0.6) is 5.75 Å². The van der Waals surface area contributed by atoms with Crippen molar-refractivity contribution in [1.82, 2.24) is 0 Å². The number of rotatable bonds is 5. The van der Waals surface area contributed by atoms with Crippen molar-refractivity contribution in [2.45, 2.75) is 44.4 Å². The van der Waals surface area contributed by atoms with E-state index in [4.69, 9.17) is 0 Å². The van der Waals surface area contributed by atoms with Crippen molar-refractivity contribution in [2.75, 3.05) is 5.32 Å². The lowest BCUT2D eigenvalue weighted by atomic mass is 9.77. The predicted octanol–water partition coefficient (Wildman–Crippen LogP) is 6.03. The molecule has 0 atom stereocenters. The number of ether oxygens (including phenoxy) is 1. The van der Waals surface area contributed by atoms with Gasteiger partial charge in [-0.15, -0.1) is 13.2 Å². The Hall–Kier alpha value is -2.57. The zero-order valence-corrected chi connectivity index (χ0v) is 15.1. The summed E-state index contributed by atoms with van der Waals surface area (Å²) in [6, 6.07) is 11.7. The van der Waals surface area contributed by atoms with Crippen LogP contribution in [-0.4, -0.2) is 12.3 Å². The standard InChI is InChI=1S/C21H21F4NO2/c22-17-7-9-18(10-8-17)26-20(27)13-14-1-3-15(4-2-14)16-5-11-19(12-6-16)28-21(23,24)25/h5-12,14-15H,1-4,13H2,(H,26,27)/t14-,15+. The molecule has 3 rings (SSSR count).